The summed E-state index contributed by atoms with van der Waals surface area (Å²) in [5.74, 6) is 0.212. The van der Waals surface area contributed by atoms with E-state index in [9.17, 15) is 9.59 Å². The highest BCUT2D eigenvalue weighted by Crippen LogP contribution is 2.29. The average Bonchev–Trinajstić information content (AvgIpc) is 3.15. The summed E-state index contributed by atoms with van der Waals surface area (Å²) in [5, 5.41) is 9.71. The van der Waals surface area contributed by atoms with E-state index in [4.69, 9.17) is 5.11 Å². The van der Waals surface area contributed by atoms with Crippen LogP contribution in [0.25, 0.3) is 0 Å². The Labute approximate surface area is 156 Å². The first-order valence-electron chi connectivity index (χ1n) is 8.79. The summed E-state index contributed by atoms with van der Waals surface area (Å²) in [5.41, 5.74) is 2.66. The van der Waals surface area contributed by atoms with E-state index in [0.29, 0.717) is 18.0 Å². The lowest BCUT2D eigenvalue weighted by Crippen LogP contribution is -2.29. The van der Waals surface area contributed by atoms with E-state index >= 15 is 0 Å². The summed E-state index contributed by atoms with van der Waals surface area (Å²) in [4.78, 5) is 30.7. The smallest absolute Gasteiger partial charge is 0.348 e. The van der Waals surface area contributed by atoms with Crippen LogP contribution in [-0.4, -0.2) is 40.0 Å². The number of carbonyl (C=O) groups is 1. The van der Waals surface area contributed by atoms with Crippen LogP contribution in [-0.2, 0) is 24.2 Å². The SMILES string of the molecule is CN(C(=O)CSc1nc(=O)n(CCCO)c2c1CCC2)c1ccccc1. The van der Waals surface area contributed by atoms with Crippen molar-refractivity contribution in [1.82, 2.24) is 9.55 Å². The number of carbonyl (C=O) groups excluding carboxylic acids is 1. The molecule has 26 heavy (non-hydrogen) atoms. The van der Waals surface area contributed by atoms with Gasteiger partial charge in [0.05, 0.1) is 5.75 Å². The van der Waals surface area contributed by atoms with Gasteiger partial charge in [0.15, 0.2) is 0 Å². The molecule has 0 unspecified atom stereocenters. The van der Waals surface area contributed by atoms with E-state index in [1.807, 2.05) is 30.3 Å². The molecular weight excluding hydrogens is 350 g/mol. The Morgan fingerprint density at radius 3 is 2.81 bits per heavy atom. The standard InChI is InChI=1S/C19H23N3O3S/c1-21(14-7-3-2-4-8-14)17(24)13-26-18-15-9-5-10-16(15)22(11-6-12-23)19(25)20-18/h2-4,7-8,23H,5-6,9-13H2,1H3. The molecule has 7 heteroatoms. The van der Waals surface area contributed by atoms with E-state index in [1.165, 1.54) is 11.8 Å². The lowest BCUT2D eigenvalue weighted by Gasteiger charge is -2.18. The van der Waals surface area contributed by atoms with Crippen molar-refractivity contribution in [3.05, 3.63) is 52.1 Å². The fourth-order valence-electron chi connectivity index (χ4n) is 3.19. The zero-order chi connectivity index (χ0) is 18.5. The van der Waals surface area contributed by atoms with Gasteiger partial charge in [-0.3, -0.25) is 9.36 Å². The molecule has 0 radical (unpaired) electrons. The van der Waals surface area contributed by atoms with E-state index in [-0.39, 0.29) is 24.0 Å². The molecule has 1 amide bonds. The van der Waals surface area contributed by atoms with Crippen molar-refractivity contribution in [2.45, 2.75) is 37.3 Å². The molecule has 0 saturated carbocycles. The maximum atomic E-state index is 12.5. The van der Waals surface area contributed by atoms with Gasteiger partial charge in [0, 0.05) is 37.1 Å². The summed E-state index contributed by atoms with van der Waals surface area (Å²) in [6.07, 6.45) is 3.27. The first kappa shape index (κ1) is 18.7. The first-order valence-corrected chi connectivity index (χ1v) is 9.78. The normalized spacial score (nSPS) is 12.8. The van der Waals surface area contributed by atoms with Gasteiger partial charge in [0.2, 0.25) is 5.91 Å². The summed E-state index contributed by atoms with van der Waals surface area (Å²) in [7, 11) is 1.75. The molecule has 0 fully saturated rings. The Morgan fingerprint density at radius 1 is 1.31 bits per heavy atom. The lowest BCUT2D eigenvalue weighted by atomic mass is 10.2. The molecule has 3 rings (SSSR count). The molecule has 1 heterocycles. The van der Waals surface area contributed by atoms with Gasteiger partial charge in [-0.05, 0) is 37.8 Å². The molecule has 1 aromatic carbocycles. The molecular formula is C19H23N3O3S. The number of hydrogen-bond acceptors (Lipinski definition) is 5. The van der Waals surface area contributed by atoms with Crippen LogP contribution in [0.3, 0.4) is 0 Å². The number of aromatic nitrogens is 2. The van der Waals surface area contributed by atoms with Gasteiger partial charge < -0.3 is 10.0 Å². The summed E-state index contributed by atoms with van der Waals surface area (Å²) in [6.45, 7) is 0.545. The maximum absolute atomic E-state index is 12.5. The van der Waals surface area contributed by atoms with Crippen molar-refractivity contribution in [1.29, 1.82) is 0 Å². The molecule has 0 bridgehead atoms. The predicted molar refractivity (Wildman–Crippen MR) is 103 cm³/mol. The summed E-state index contributed by atoms with van der Waals surface area (Å²) < 4.78 is 1.68. The van der Waals surface area contributed by atoms with Crippen molar-refractivity contribution in [3.8, 4) is 0 Å². The van der Waals surface area contributed by atoms with Crippen molar-refractivity contribution in [3.63, 3.8) is 0 Å². The van der Waals surface area contributed by atoms with E-state index in [0.717, 1.165) is 36.2 Å². The number of hydrogen-bond donors (Lipinski definition) is 1. The fraction of sp³-hybridized carbons (Fsp3) is 0.421. The third-order valence-electron chi connectivity index (χ3n) is 4.59. The highest BCUT2D eigenvalue weighted by molar-refractivity contribution is 8.00. The second-order valence-electron chi connectivity index (χ2n) is 6.28. The van der Waals surface area contributed by atoms with Crippen LogP contribution >= 0.6 is 11.8 Å². The average molecular weight is 373 g/mol. The minimum absolute atomic E-state index is 0.0285. The van der Waals surface area contributed by atoms with Crippen LogP contribution in [0.2, 0.25) is 0 Å². The Hall–Kier alpha value is -2.12. The molecule has 1 aromatic heterocycles. The number of benzene rings is 1. The van der Waals surface area contributed by atoms with E-state index in [2.05, 4.69) is 4.98 Å². The molecule has 1 aliphatic rings. The molecule has 0 saturated heterocycles. The minimum Gasteiger partial charge on any atom is -0.396 e. The van der Waals surface area contributed by atoms with Crippen LogP contribution in [0.4, 0.5) is 5.69 Å². The molecule has 1 N–H and O–H groups in total. The Bertz CT molecular complexity index is 836. The van der Waals surface area contributed by atoms with E-state index in [1.54, 1.807) is 16.5 Å². The number of fused-ring (bicyclic) bond motifs is 1. The van der Waals surface area contributed by atoms with Gasteiger partial charge in [-0.25, -0.2) is 4.79 Å². The second-order valence-corrected chi connectivity index (χ2v) is 7.25. The van der Waals surface area contributed by atoms with Gasteiger partial charge in [-0.2, -0.15) is 4.98 Å². The summed E-state index contributed by atoms with van der Waals surface area (Å²) >= 11 is 1.34. The van der Waals surface area contributed by atoms with Gasteiger partial charge >= 0.3 is 5.69 Å². The fourth-order valence-corrected chi connectivity index (χ4v) is 4.18. The quantitative estimate of drug-likeness (QED) is 0.592. The van der Waals surface area contributed by atoms with Crippen LogP contribution in [0.5, 0.6) is 0 Å². The third-order valence-corrected chi connectivity index (χ3v) is 5.59. The third kappa shape index (κ3) is 3.99. The van der Waals surface area contributed by atoms with Crippen LogP contribution in [0.1, 0.15) is 24.1 Å². The van der Waals surface area contributed by atoms with Gasteiger partial charge in [0.25, 0.3) is 0 Å². The maximum Gasteiger partial charge on any atom is 0.348 e. The van der Waals surface area contributed by atoms with Gasteiger partial charge in [-0.15, -0.1) is 0 Å². The number of nitrogens with zero attached hydrogens (tertiary/aromatic N) is 3. The largest absolute Gasteiger partial charge is 0.396 e. The molecule has 6 nitrogen and oxygen atoms in total. The molecule has 2 aromatic rings. The van der Waals surface area contributed by atoms with Crippen molar-refractivity contribution < 1.29 is 9.90 Å². The number of aliphatic hydroxyl groups is 1. The Balaban J connectivity index is 1.74. The number of amides is 1. The molecule has 0 aliphatic heterocycles. The number of rotatable bonds is 7. The molecule has 138 valence electrons. The minimum atomic E-state index is -0.287. The Kier molecular flexibility index (Phi) is 6.11. The molecule has 0 spiro atoms. The highest BCUT2D eigenvalue weighted by Gasteiger charge is 2.22. The number of para-hydroxylation sites is 1. The molecule has 1 aliphatic carbocycles. The highest BCUT2D eigenvalue weighted by atomic mass is 32.2. The van der Waals surface area contributed by atoms with Crippen molar-refractivity contribution in [2.24, 2.45) is 0 Å². The lowest BCUT2D eigenvalue weighted by molar-refractivity contribution is -0.115. The monoisotopic (exact) mass is 373 g/mol. The van der Waals surface area contributed by atoms with Crippen LogP contribution < -0.4 is 10.6 Å². The molecule has 0 atom stereocenters. The van der Waals surface area contributed by atoms with E-state index < -0.39 is 0 Å². The number of thioether (sulfide) groups is 1. The topological polar surface area (TPSA) is 75.4 Å². The summed E-state index contributed by atoms with van der Waals surface area (Å²) in [6, 6.07) is 9.48. The number of anilines is 1. The van der Waals surface area contributed by atoms with Gasteiger partial charge in [-0.1, -0.05) is 30.0 Å². The van der Waals surface area contributed by atoms with Gasteiger partial charge in [0.1, 0.15) is 5.03 Å². The van der Waals surface area contributed by atoms with Crippen molar-refractivity contribution >= 4 is 23.4 Å². The number of aliphatic hydroxyl groups excluding tert-OH is 1. The second kappa shape index (κ2) is 8.51. The van der Waals surface area contributed by atoms with Crippen LogP contribution in [0.15, 0.2) is 40.2 Å². The Morgan fingerprint density at radius 2 is 2.08 bits per heavy atom. The zero-order valence-corrected chi connectivity index (χ0v) is 15.7. The van der Waals surface area contributed by atoms with Crippen molar-refractivity contribution in [2.75, 3.05) is 24.3 Å². The zero-order valence-electron chi connectivity index (χ0n) is 14.9. The first-order chi connectivity index (χ1) is 12.6. The van der Waals surface area contributed by atoms with Crippen LogP contribution in [0, 0.1) is 0 Å². The predicted octanol–water partition coefficient (Wildman–Crippen LogP) is 1.87.